The molecular weight excluding hydrogens is 242 g/mol. The zero-order valence-electron chi connectivity index (χ0n) is 11.0. The summed E-state index contributed by atoms with van der Waals surface area (Å²) in [5, 5.41) is 5.56. The zero-order chi connectivity index (χ0) is 13.2. The molecule has 3 nitrogen and oxygen atoms in total. The molecule has 0 aliphatic rings. The summed E-state index contributed by atoms with van der Waals surface area (Å²) in [6, 6.07) is 6.03. The molecule has 1 heterocycles. The highest BCUT2D eigenvalue weighted by Gasteiger charge is 2.16. The van der Waals surface area contributed by atoms with Crippen LogP contribution in [0.5, 0.6) is 0 Å². The largest absolute Gasteiger partial charge is 0.397 e. The van der Waals surface area contributed by atoms with E-state index < -0.39 is 0 Å². The lowest BCUT2D eigenvalue weighted by atomic mass is 10.1. The summed E-state index contributed by atoms with van der Waals surface area (Å²) in [7, 11) is 0. The monoisotopic (exact) mass is 261 g/mol. The zero-order valence-corrected chi connectivity index (χ0v) is 11.8. The van der Waals surface area contributed by atoms with Crippen molar-refractivity contribution in [3.8, 4) is 0 Å². The first kappa shape index (κ1) is 13.0. The third-order valence-corrected chi connectivity index (χ3v) is 4.37. The summed E-state index contributed by atoms with van der Waals surface area (Å²) in [6.07, 6.45) is 5.73. The van der Waals surface area contributed by atoms with E-state index in [2.05, 4.69) is 30.4 Å². The van der Waals surface area contributed by atoms with Crippen molar-refractivity contribution in [3.05, 3.63) is 30.6 Å². The molecule has 0 spiro atoms. The normalized spacial score (nSPS) is 11.7. The third kappa shape index (κ3) is 2.70. The molecule has 4 heteroatoms. The molecule has 1 aromatic heterocycles. The van der Waals surface area contributed by atoms with Crippen LogP contribution >= 0.6 is 11.8 Å². The van der Waals surface area contributed by atoms with Gasteiger partial charge in [-0.2, -0.15) is 11.8 Å². The van der Waals surface area contributed by atoms with Crippen LogP contribution in [-0.4, -0.2) is 22.5 Å². The average Bonchev–Trinajstić information content (AvgIpc) is 2.38. The maximum absolute atomic E-state index is 6.19. The van der Waals surface area contributed by atoms with Crippen molar-refractivity contribution in [2.45, 2.75) is 18.6 Å². The molecule has 96 valence electrons. The molecule has 3 N–H and O–H groups in total. The molecule has 0 atom stereocenters. The van der Waals surface area contributed by atoms with Crippen molar-refractivity contribution in [2.24, 2.45) is 0 Å². The van der Waals surface area contributed by atoms with E-state index in [0.717, 1.165) is 28.7 Å². The number of nitrogens with two attached hydrogens (primary N) is 1. The van der Waals surface area contributed by atoms with E-state index in [-0.39, 0.29) is 4.75 Å². The van der Waals surface area contributed by atoms with Gasteiger partial charge in [0.05, 0.1) is 11.4 Å². The number of hydrogen-bond acceptors (Lipinski definition) is 4. The van der Waals surface area contributed by atoms with Crippen LogP contribution in [-0.2, 0) is 0 Å². The number of thioether (sulfide) groups is 1. The number of anilines is 2. The smallest absolute Gasteiger partial charge is 0.0630 e. The van der Waals surface area contributed by atoms with Crippen molar-refractivity contribution >= 4 is 33.9 Å². The Bertz CT molecular complexity index is 552. The molecule has 2 aromatic rings. The van der Waals surface area contributed by atoms with E-state index in [1.807, 2.05) is 36.2 Å². The summed E-state index contributed by atoms with van der Waals surface area (Å²) in [4.78, 5) is 4.10. The maximum Gasteiger partial charge on any atom is 0.0630 e. The number of pyridine rings is 1. The van der Waals surface area contributed by atoms with Gasteiger partial charge in [0, 0.05) is 34.5 Å². The topological polar surface area (TPSA) is 50.9 Å². The fourth-order valence-corrected chi connectivity index (χ4v) is 1.94. The predicted octanol–water partition coefficient (Wildman–Crippen LogP) is 3.37. The van der Waals surface area contributed by atoms with Crippen molar-refractivity contribution in [1.29, 1.82) is 0 Å². The van der Waals surface area contributed by atoms with Crippen LogP contribution in [0.1, 0.15) is 13.8 Å². The Balaban J connectivity index is 2.27. The van der Waals surface area contributed by atoms with Crippen LogP contribution in [0.4, 0.5) is 11.4 Å². The molecule has 0 aliphatic heterocycles. The molecule has 2 rings (SSSR count). The minimum atomic E-state index is 0.194. The van der Waals surface area contributed by atoms with E-state index in [1.54, 1.807) is 6.20 Å². The Morgan fingerprint density at radius 1 is 1.33 bits per heavy atom. The first-order chi connectivity index (χ1) is 8.53. The van der Waals surface area contributed by atoms with E-state index in [9.17, 15) is 0 Å². The van der Waals surface area contributed by atoms with Crippen LogP contribution in [0.2, 0.25) is 0 Å². The van der Waals surface area contributed by atoms with Crippen molar-refractivity contribution < 1.29 is 0 Å². The summed E-state index contributed by atoms with van der Waals surface area (Å²) < 4.78 is 0.194. The number of benzene rings is 1. The van der Waals surface area contributed by atoms with E-state index in [4.69, 9.17) is 5.73 Å². The van der Waals surface area contributed by atoms with Gasteiger partial charge in [-0.1, -0.05) is 6.07 Å². The highest BCUT2D eigenvalue weighted by Crippen LogP contribution is 2.29. The standard InChI is InChI=1S/C14H19N3S/c1-14(2,18-3)9-17-12-5-4-10-8-16-7-6-11(10)13(12)15/h4-8,17H,9,15H2,1-3H3. The second-order valence-electron chi connectivity index (χ2n) is 4.94. The molecular formula is C14H19N3S. The lowest BCUT2D eigenvalue weighted by Gasteiger charge is -2.23. The van der Waals surface area contributed by atoms with Gasteiger partial charge in [-0.15, -0.1) is 0 Å². The van der Waals surface area contributed by atoms with Gasteiger partial charge in [-0.05, 0) is 32.2 Å². The number of nitrogens with one attached hydrogen (secondary N) is 1. The van der Waals surface area contributed by atoms with Gasteiger partial charge in [0.25, 0.3) is 0 Å². The number of rotatable bonds is 4. The summed E-state index contributed by atoms with van der Waals surface area (Å²) in [5.74, 6) is 0. The Kier molecular flexibility index (Phi) is 3.66. The van der Waals surface area contributed by atoms with Gasteiger partial charge >= 0.3 is 0 Å². The van der Waals surface area contributed by atoms with Gasteiger partial charge in [0.1, 0.15) is 0 Å². The lowest BCUT2D eigenvalue weighted by molar-refractivity contribution is 0.753. The first-order valence-corrected chi connectivity index (χ1v) is 7.17. The highest BCUT2D eigenvalue weighted by molar-refractivity contribution is 7.99. The van der Waals surface area contributed by atoms with E-state index >= 15 is 0 Å². The molecule has 0 radical (unpaired) electrons. The van der Waals surface area contributed by atoms with Crippen molar-refractivity contribution in [3.63, 3.8) is 0 Å². The number of aromatic nitrogens is 1. The Hall–Kier alpha value is -1.42. The van der Waals surface area contributed by atoms with E-state index in [1.165, 1.54) is 0 Å². The SMILES string of the molecule is CSC(C)(C)CNc1ccc2cnccc2c1N. The van der Waals surface area contributed by atoms with Crippen LogP contribution in [0, 0.1) is 0 Å². The second kappa shape index (κ2) is 5.06. The van der Waals surface area contributed by atoms with Gasteiger partial charge < -0.3 is 11.1 Å². The molecule has 18 heavy (non-hydrogen) atoms. The van der Waals surface area contributed by atoms with Gasteiger partial charge in [-0.25, -0.2) is 0 Å². The summed E-state index contributed by atoms with van der Waals surface area (Å²) in [6.45, 7) is 5.31. The number of hydrogen-bond donors (Lipinski definition) is 2. The molecule has 0 bridgehead atoms. The fourth-order valence-electron chi connectivity index (χ4n) is 1.73. The van der Waals surface area contributed by atoms with Crippen molar-refractivity contribution in [2.75, 3.05) is 23.9 Å². The molecule has 0 amide bonds. The number of fused-ring (bicyclic) bond motifs is 1. The Morgan fingerprint density at radius 3 is 2.83 bits per heavy atom. The van der Waals surface area contributed by atoms with Gasteiger partial charge in [0.2, 0.25) is 0 Å². The molecule has 1 aromatic carbocycles. The molecule has 0 fully saturated rings. The maximum atomic E-state index is 6.19. The molecule has 0 saturated heterocycles. The minimum Gasteiger partial charge on any atom is -0.397 e. The van der Waals surface area contributed by atoms with Crippen LogP contribution < -0.4 is 11.1 Å². The fraction of sp³-hybridized carbons (Fsp3) is 0.357. The summed E-state index contributed by atoms with van der Waals surface area (Å²) >= 11 is 1.84. The minimum absolute atomic E-state index is 0.194. The molecule has 0 saturated carbocycles. The highest BCUT2D eigenvalue weighted by atomic mass is 32.2. The third-order valence-electron chi connectivity index (χ3n) is 3.12. The first-order valence-electron chi connectivity index (χ1n) is 5.95. The van der Waals surface area contributed by atoms with Crippen LogP contribution in [0.3, 0.4) is 0 Å². The second-order valence-corrected chi connectivity index (χ2v) is 6.45. The van der Waals surface area contributed by atoms with Crippen molar-refractivity contribution in [1.82, 2.24) is 4.98 Å². The average molecular weight is 261 g/mol. The number of nitrogen functional groups attached to an aromatic ring is 1. The molecule has 0 unspecified atom stereocenters. The number of nitrogens with zero attached hydrogens (tertiary/aromatic N) is 1. The van der Waals surface area contributed by atoms with Crippen LogP contribution in [0.15, 0.2) is 30.6 Å². The summed E-state index contributed by atoms with van der Waals surface area (Å²) in [5.41, 5.74) is 7.99. The van der Waals surface area contributed by atoms with Crippen LogP contribution in [0.25, 0.3) is 10.8 Å². The van der Waals surface area contributed by atoms with E-state index in [0.29, 0.717) is 0 Å². The van der Waals surface area contributed by atoms with Gasteiger partial charge in [-0.3, -0.25) is 4.98 Å². The molecule has 0 aliphatic carbocycles. The predicted molar refractivity (Wildman–Crippen MR) is 82.2 cm³/mol. The Labute approximate surface area is 112 Å². The van der Waals surface area contributed by atoms with Gasteiger partial charge in [0.15, 0.2) is 0 Å². The lowest BCUT2D eigenvalue weighted by Crippen LogP contribution is -2.26. The quantitative estimate of drug-likeness (QED) is 0.829. The Morgan fingerprint density at radius 2 is 2.11 bits per heavy atom.